The third-order valence-electron chi connectivity index (χ3n) is 2.90. The van der Waals surface area contributed by atoms with Crippen molar-refractivity contribution in [2.75, 3.05) is 6.61 Å². The average Bonchev–Trinajstić information content (AvgIpc) is 2.31. The van der Waals surface area contributed by atoms with E-state index < -0.39 is 0 Å². The smallest absolute Gasteiger partial charge is 0.0994 e. The first-order valence-electron chi connectivity index (χ1n) is 5.79. The molecule has 0 N–H and O–H groups in total. The lowest BCUT2D eigenvalue weighted by atomic mass is 9.87. The van der Waals surface area contributed by atoms with E-state index in [1.807, 2.05) is 0 Å². The minimum atomic E-state index is 0.486. The second-order valence-electron chi connectivity index (χ2n) is 3.93. The van der Waals surface area contributed by atoms with Gasteiger partial charge in [0.1, 0.15) is 0 Å². The summed E-state index contributed by atoms with van der Waals surface area (Å²) >= 11 is 0. The maximum Gasteiger partial charge on any atom is 0.0994 e. The lowest BCUT2D eigenvalue weighted by Crippen LogP contribution is -2.09. The molecule has 15 heavy (non-hydrogen) atoms. The van der Waals surface area contributed by atoms with Gasteiger partial charge in [0.25, 0.3) is 0 Å². The highest BCUT2D eigenvalue weighted by Gasteiger charge is 2.20. The molecule has 1 aliphatic carbocycles. The summed E-state index contributed by atoms with van der Waals surface area (Å²) in [5.41, 5.74) is 1.39. The number of allylic oxidation sites excluding steroid dienone is 2. The number of benzene rings is 1. The number of hydrogen-bond acceptors (Lipinski definition) is 1. The maximum atomic E-state index is 5.71. The van der Waals surface area contributed by atoms with Gasteiger partial charge < -0.3 is 4.74 Å². The quantitative estimate of drug-likeness (QED) is 0.723. The lowest BCUT2D eigenvalue weighted by Gasteiger charge is -2.24. The molecule has 1 aromatic carbocycles. The van der Waals surface area contributed by atoms with Gasteiger partial charge in [0.15, 0.2) is 0 Å². The van der Waals surface area contributed by atoms with Crippen LogP contribution in [0.25, 0.3) is 0 Å². The molecule has 0 aliphatic heterocycles. The molecule has 80 valence electrons. The van der Waals surface area contributed by atoms with Crippen molar-refractivity contribution in [1.29, 1.82) is 0 Å². The van der Waals surface area contributed by atoms with E-state index in [1.165, 1.54) is 30.6 Å². The summed E-state index contributed by atoms with van der Waals surface area (Å²) in [6.07, 6.45) is 5.91. The van der Waals surface area contributed by atoms with E-state index in [-0.39, 0.29) is 0 Å². The molecular weight excluding hydrogens is 184 g/mol. The van der Waals surface area contributed by atoms with Gasteiger partial charge in [-0.3, -0.25) is 0 Å². The zero-order valence-electron chi connectivity index (χ0n) is 9.28. The molecule has 1 aliphatic rings. The predicted molar refractivity (Wildman–Crippen MR) is 62.7 cm³/mol. The van der Waals surface area contributed by atoms with Crippen LogP contribution in [0.3, 0.4) is 0 Å². The maximum absolute atomic E-state index is 5.71. The van der Waals surface area contributed by atoms with Crippen LogP contribution in [0.5, 0.6) is 0 Å². The van der Waals surface area contributed by atoms with Crippen LogP contribution in [0.4, 0.5) is 0 Å². The van der Waals surface area contributed by atoms with Crippen molar-refractivity contribution in [2.24, 2.45) is 0 Å². The van der Waals surface area contributed by atoms with Gasteiger partial charge in [0.05, 0.1) is 12.4 Å². The fraction of sp³-hybridized carbons (Fsp3) is 0.429. The summed E-state index contributed by atoms with van der Waals surface area (Å²) in [5.74, 6) is 1.66. The highest BCUT2D eigenvalue weighted by Crippen LogP contribution is 2.34. The molecule has 2 rings (SSSR count). The van der Waals surface area contributed by atoms with Gasteiger partial charge in [-0.25, -0.2) is 0 Å². The van der Waals surface area contributed by atoms with Crippen LogP contribution in [0.2, 0.25) is 0 Å². The van der Waals surface area contributed by atoms with Crippen LogP contribution in [0, 0.1) is 0 Å². The second kappa shape index (κ2) is 5.01. The fourth-order valence-electron chi connectivity index (χ4n) is 2.19. The Balaban J connectivity index is 2.20. The minimum absolute atomic E-state index is 0.486. The van der Waals surface area contributed by atoms with Gasteiger partial charge in [-0.2, -0.15) is 0 Å². The van der Waals surface area contributed by atoms with Crippen molar-refractivity contribution >= 4 is 0 Å². The van der Waals surface area contributed by atoms with Crippen molar-refractivity contribution in [2.45, 2.75) is 32.1 Å². The van der Waals surface area contributed by atoms with Crippen molar-refractivity contribution in [1.82, 2.24) is 0 Å². The van der Waals surface area contributed by atoms with Crippen LogP contribution in [0.1, 0.15) is 37.7 Å². The Bertz CT molecular complexity index is 326. The van der Waals surface area contributed by atoms with Crippen LogP contribution in [-0.2, 0) is 4.74 Å². The fourth-order valence-corrected chi connectivity index (χ4v) is 2.19. The molecule has 1 heteroatoms. The van der Waals surface area contributed by atoms with Crippen LogP contribution < -0.4 is 0 Å². The van der Waals surface area contributed by atoms with E-state index in [1.54, 1.807) is 0 Å². The molecule has 1 nitrogen and oxygen atoms in total. The van der Waals surface area contributed by atoms with E-state index in [2.05, 4.69) is 43.3 Å². The summed E-state index contributed by atoms with van der Waals surface area (Å²) in [6.45, 7) is 2.83. The first-order chi connectivity index (χ1) is 7.42. The Morgan fingerprint density at radius 2 is 2.07 bits per heavy atom. The van der Waals surface area contributed by atoms with Crippen molar-refractivity contribution in [3.8, 4) is 0 Å². The summed E-state index contributed by atoms with van der Waals surface area (Å²) in [4.78, 5) is 0. The van der Waals surface area contributed by atoms with E-state index in [9.17, 15) is 0 Å². The van der Waals surface area contributed by atoms with Gasteiger partial charge in [-0.1, -0.05) is 30.3 Å². The third kappa shape index (κ3) is 2.41. The molecule has 0 fully saturated rings. The highest BCUT2D eigenvalue weighted by atomic mass is 16.5. The molecule has 0 unspecified atom stereocenters. The van der Waals surface area contributed by atoms with Crippen molar-refractivity contribution in [3.05, 3.63) is 47.7 Å². The van der Waals surface area contributed by atoms with Gasteiger partial charge in [0, 0.05) is 5.92 Å². The Hall–Kier alpha value is -1.24. The average molecular weight is 202 g/mol. The molecule has 1 atom stereocenters. The molecule has 0 saturated carbocycles. The molecule has 0 saturated heterocycles. The summed E-state index contributed by atoms with van der Waals surface area (Å²) in [6, 6.07) is 10.7. The highest BCUT2D eigenvalue weighted by molar-refractivity contribution is 5.27. The van der Waals surface area contributed by atoms with Gasteiger partial charge in [-0.05, 0) is 37.8 Å². The third-order valence-corrected chi connectivity index (χ3v) is 2.90. The molecule has 0 spiro atoms. The SMILES string of the molecule is CCOC1=CCCC[C@@H]1c1ccccc1. The number of ether oxygens (including phenoxy) is 1. The molecule has 1 aromatic rings. The number of hydrogen-bond donors (Lipinski definition) is 0. The summed E-state index contributed by atoms with van der Waals surface area (Å²) in [5, 5.41) is 0. The van der Waals surface area contributed by atoms with E-state index in [0.717, 1.165) is 6.61 Å². The molecule has 0 aromatic heterocycles. The second-order valence-corrected chi connectivity index (χ2v) is 3.93. The first kappa shape index (κ1) is 10.3. The zero-order valence-corrected chi connectivity index (χ0v) is 9.28. The molecule has 0 radical (unpaired) electrons. The van der Waals surface area contributed by atoms with Gasteiger partial charge in [0.2, 0.25) is 0 Å². The summed E-state index contributed by atoms with van der Waals surface area (Å²) in [7, 11) is 0. The first-order valence-corrected chi connectivity index (χ1v) is 5.79. The van der Waals surface area contributed by atoms with E-state index in [0.29, 0.717) is 5.92 Å². The molecular formula is C14H18O. The largest absolute Gasteiger partial charge is 0.498 e. The molecule has 0 amide bonds. The molecule has 0 heterocycles. The van der Waals surface area contributed by atoms with Crippen LogP contribution in [-0.4, -0.2) is 6.61 Å². The monoisotopic (exact) mass is 202 g/mol. The van der Waals surface area contributed by atoms with Gasteiger partial charge >= 0.3 is 0 Å². The Kier molecular flexibility index (Phi) is 3.44. The zero-order chi connectivity index (χ0) is 10.5. The summed E-state index contributed by atoms with van der Waals surface area (Å²) < 4.78 is 5.71. The van der Waals surface area contributed by atoms with Crippen molar-refractivity contribution < 1.29 is 4.74 Å². The standard InChI is InChI=1S/C14H18O/c1-2-15-14-11-7-6-10-13(14)12-8-4-3-5-9-12/h3-5,8-9,11,13H,2,6-7,10H2,1H3/t13-/m1/s1. The molecule has 0 bridgehead atoms. The van der Waals surface area contributed by atoms with Crippen LogP contribution in [0.15, 0.2) is 42.2 Å². The predicted octanol–water partition coefficient (Wildman–Crippen LogP) is 3.87. The van der Waals surface area contributed by atoms with Crippen LogP contribution >= 0.6 is 0 Å². The minimum Gasteiger partial charge on any atom is -0.498 e. The Labute approximate surface area is 91.8 Å². The normalized spacial score (nSPS) is 20.9. The number of rotatable bonds is 3. The van der Waals surface area contributed by atoms with Crippen molar-refractivity contribution in [3.63, 3.8) is 0 Å². The van der Waals surface area contributed by atoms with Gasteiger partial charge in [-0.15, -0.1) is 0 Å². The van der Waals surface area contributed by atoms with E-state index >= 15 is 0 Å². The van der Waals surface area contributed by atoms with E-state index in [4.69, 9.17) is 4.74 Å². The Morgan fingerprint density at radius 3 is 2.80 bits per heavy atom. The Morgan fingerprint density at radius 1 is 1.27 bits per heavy atom. The topological polar surface area (TPSA) is 9.23 Å². The lowest BCUT2D eigenvalue weighted by molar-refractivity contribution is 0.198.